The van der Waals surface area contributed by atoms with E-state index >= 15 is 0 Å². The Morgan fingerprint density at radius 1 is 1.19 bits per heavy atom. The highest BCUT2D eigenvalue weighted by Gasteiger charge is 2.49. The van der Waals surface area contributed by atoms with E-state index in [0.717, 1.165) is 31.2 Å². The molecule has 2 aliphatic carbocycles. The van der Waals surface area contributed by atoms with E-state index in [4.69, 9.17) is 4.74 Å². The van der Waals surface area contributed by atoms with Gasteiger partial charge >= 0.3 is 0 Å². The third-order valence-electron chi connectivity index (χ3n) is 4.48. The Morgan fingerprint density at radius 3 is 2.56 bits per heavy atom. The molecule has 1 saturated heterocycles. The number of fused-ring (bicyclic) bond motifs is 1. The van der Waals surface area contributed by atoms with Crippen LogP contribution in [0.25, 0.3) is 0 Å². The highest BCUT2D eigenvalue weighted by Crippen LogP contribution is 2.54. The van der Waals surface area contributed by atoms with E-state index in [2.05, 4.69) is 18.7 Å². The summed E-state index contributed by atoms with van der Waals surface area (Å²) < 4.78 is 5.57. The molecule has 0 aromatic heterocycles. The van der Waals surface area contributed by atoms with Gasteiger partial charge in [0.1, 0.15) is 0 Å². The van der Waals surface area contributed by atoms with Crippen LogP contribution in [0, 0.1) is 17.8 Å². The number of hydrogen-bond donors (Lipinski definition) is 0. The number of nitrogens with zero attached hydrogens (tertiary/aromatic N) is 1. The van der Waals surface area contributed by atoms with Gasteiger partial charge in [-0.3, -0.25) is 4.79 Å². The van der Waals surface area contributed by atoms with Crippen LogP contribution in [0.1, 0.15) is 33.1 Å². The standard InChI is InChI=1S/C13H21NO2/c1-8-7-16-9(2)6-14(8)13(15)12-4-10-3-11(10)5-12/h8-12H,3-7H2,1-2H3. The molecule has 90 valence electrons. The zero-order valence-corrected chi connectivity index (χ0v) is 10.2. The van der Waals surface area contributed by atoms with Crippen LogP contribution in [0.2, 0.25) is 0 Å². The van der Waals surface area contributed by atoms with Gasteiger partial charge < -0.3 is 9.64 Å². The molecule has 3 fully saturated rings. The van der Waals surface area contributed by atoms with E-state index in [-0.39, 0.29) is 12.1 Å². The molecule has 1 amide bonds. The van der Waals surface area contributed by atoms with Crippen LogP contribution in [0.5, 0.6) is 0 Å². The SMILES string of the molecule is CC1CN(C(=O)C2CC3CC3C2)C(C)CO1. The number of morpholine rings is 1. The molecule has 0 spiro atoms. The fourth-order valence-electron chi connectivity index (χ4n) is 3.36. The number of amides is 1. The van der Waals surface area contributed by atoms with Crippen LogP contribution in [0.4, 0.5) is 0 Å². The predicted octanol–water partition coefficient (Wildman–Crippen LogP) is 1.67. The van der Waals surface area contributed by atoms with E-state index in [1.165, 1.54) is 6.42 Å². The van der Waals surface area contributed by atoms with E-state index < -0.39 is 0 Å². The van der Waals surface area contributed by atoms with Crippen molar-refractivity contribution in [1.29, 1.82) is 0 Å². The van der Waals surface area contributed by atoms with Crippen molar-refractivity contribution in [2.75, 3.05) is 13.2 Å². The van der Waals surface area contributed by atoms with Crippen molar-refractivity contribution in [3.63, 3.8) is 0 Å². The molecule has 0 aromatic rings. The van der Waals surface area contributed by atoms with E-state index in [1.807, 2.05) is 0 Å². The molecule has 3 heteroatoms. The first-order chi connectivity index (χ1) is 7.65. The Kier molecular flexibility index (Phi) is 2.46. The first kappa shape index (κ1) is 10.6. The Balaban J connectivity index is 1.64. The van der Waals surface area contributed by atoms with Crippen molar-refractivity contribution in [3.05, 3.63) is 0 Å². The average Bonchev–Trinajstić information content (AvgIpc) is 2.88. The van der Waals surface area contributed by atoms with Crippen molar-refractivity contribution in [2.24, 2.45) is 17.8 Å². The van der Waals surface area contributed by atoms with Crippen molar-refractivity contribution in [3.8, 4) is 0 Å². The zero-order valence-electron chi connectivity index (χ0n) is 10.2. The zero-order chi connectivity index (χ0) is 11.3. The lowest BCUT2D eigenvalue weighted by atomic mass is 10.0. The fourth-order valence-corrected chi connectivity index (χ4v) is 3.36. The summed E-state index contributed by atoms with van der Waals surface area (Å²) in [6.45, 7) is 5.63. The third-order valence-corrected chi connectivity index (χ3v) is 4.48. The topological polar surface area (TPSA) is 29.5 Å². The van der Waals surface area contributed by atoms with Gasteiger partial charge in [0, 0.05) is 12.5 Å². The summed E-state index contributed by atoms with van der Waals surface area (Å²) in [4.78, 5) is 14.5. The minimum Gasteiger partial charge on any atom is -0.375 e. The number of carbonyl (C=O) groups is 1. The number of ether oxygens (including phenoxy) is 1. The molecule has 0 bridgehead atoms. The minimum atomic E-state index is 0.205. The van der Waals surface area contributed by atoms with Crippen LogP contribution in [0.3, 0.4) is 0 Å². The lowest BCUT2D eigenvalue weighted by molar-refractivity contribution is -0.147. The van der Waals surface area contributed by atoms with Gasteiger partial charge in [0.2, 0.25) is 5.91 Å². The van der Waals surface area contributed by atoms with Crippen molar-refractivity contribution < 1.29 is 9.53 Å². The first-order valence-electron chi connectivity index (χ1n) is 6.57. The van der Waals surface area contributed by atoms with Gasteiger partial charge in [-0.1, -0.05) is 0 Å². The number of rotatable bonds is 1. The molecule has 2 saturated carbocycles. The maximum Gasteiger partial charge on any atom is 0.226 e. The third kappa shape index (κ3) is 1.75. The van der Waals surface area contributed by atoms with Gasteiger partial charge in [0.25, 0.3) is 0 Å². The summed E-state index contributed by atoms with van der Waals surface area (Å²) in [7, 11) is 0. The molecule has 3 rings (SSSR count). The molecule has 3 aliphatic rings. The van der Waals surface area contributed by atoms with Gasteiger partial charge in [0.15, 0.2) is 0 Å². The van der Waals surface area contributed by atoms with Crippen molar-refractivity contribution >= 4 is 5.91 Å². The second-order valence-electron chi connectivity index (χ2n) is 5.91. The monoisotopic (exact) mass is 223 g/mol. The van der Waals surface area contributed by atoms with E-state index in [1.54, 1.807) is 0 Å². The molecule has 1 aliphatic heterocycles. The Morgan fingerprint density at radius 2 is 1.88 bits per heavy atom. The molecule has 3 nitrogen and oxygen atoms in total. The van der Waals surface area contributed by atoms with Crippen LogP contribution < -0.4 is 0 Å². The van der Waals surface area contributed by atoms with Gasteiger partial charge in [-0.05, 0) is 44.9 Å². The molecule has 4 unspecified atom stereocenters. The molecule has 16 heavy (non-hydrogen) atoms. The average molecular weight is 223 g/mol. The second kappa shape index (κ2) is 3.73. The predicted molar refractivity (Wildman–Crippen MR) is 60.9 cm³/mol. The Hall–Kier alpha value is -0.570. The number of hydrogen-bond acceptors (Lipinski definition) is 2. The Bertz CT molecular complexity index is 294. The molecule has 0 radical (unpaired) electrons. The number of carbonyl (C=O) groups excluding carboxylic acids is 1. The Labute approximate surface area is 97.1 Å². The first-order valence-corrected chi connectivity index (χ1v) is 6.57. The van der Waals surface area contributed by atoms with Crippen LogP contribution in [0.15, 0.2) is 0 Å². The van der Waals surface area contributed by atoms with Crippen LogP contribution in [-0.4, -0.2) is 36.1 Å². The summed E-state index contributed by atoms with van der Waals surface area (Å²) in [5.74, 6) is 2.51. The quantitative estimate of drug-likeness (QED) is 0.676. The summed E-state index contributed by atoms with van der Waals surface area (Å²) in [6.07, 6.45) is 3.90. The molecular formula is C13H21NO2. The normalized spacial score (nSPS) is 46.6. The lowest BCUT2D eigenvalue weighted by Crippen LogP contribution is -2.51. The molecule has 4 atom stereocenters. The summed E-state index contributed by atoms with van der Waals surface area (Å²) >= 11 is 0. The smallest absolute Gasteiger partial charge is 0.226 e. The van der Waals surface area contributed by atoms with Gasteiger partial charge in [0.05, 0.1) is 18.8 Å². The van der Waals surface area contributed by atoms with E-state index in [0.29, 0.717) is 18.4 Å². The maximum atomic E-state index is 12.4. The summed E-state index contributed by atoms with van der Waals surface area (Å²) in [6, 6.07) is 0.264. The molecule has 0 N–H and O–H groups in total. The van der Waals surface area contributed by atoms with E-state index in [9.17, 15) is 4.79 Å². The maximum absolute atomic E-state index is 12.4. The highest BCUT2D eigenvalue weighted by molar-refractivity contribution is 5.80. The highest BCUT2D eigenvalue weighted by atomic mass is 16.5. The molecular weight excluding hydrogens is 202 g/mol. The fraction of sp³-hybridized carbons (Fsp3) is 0.923. The molecule has 1 heterocycles. The van der Waals surface area contributed by atoms with Gasteiger partial charge in [-0.25, -0.2) is 0 Å². The van der Waals surface area contributed by atoms with Gasteiger partial charge in [-0.2, -0.15) is 0 Å². The summed E-state index contributed by atoms with van der Waals surface area (Å²) in [5, 5.41) is 0. The largest absolute Gasteiger partial charge is 0.375 e. The lowest BCUT2D eigenvalue weighted by Gasteiger charge is -2.38. The van der Waals surface area contributed by atoms with Crippen LogP contribution in [-0.2, 0) is 9.53 Å². The van der Waals surface area contributed by atoms with Crippen LogP contribution >= 0.6 is 0 Å². The van der Waals surface area contributed by atoms with Gasteiger partial charge in [-0.15, -0.1) is 0 Å². The second-order valence-corrected chi connectivity index (χ2v) is 5.91. The summed E-state index contributed by atoms with van der Waals surface area (Å²) in [5.41, 5.74) is 0. The van der Waals surface area contributed by atoms with Crippen molar-refractivity contribution in [1.82, 2.24) is 4.90 Å². The minimum absolute atomic E-state index is 0.205. The van der Waals surface area contributed by atoms with Crippen molar-refractivity contribution in [2.45, 2.75) is 45.3 Å². The molecule has 0 aromatic carbocycles.